The summed E-state index contributed by atoms with van der Waals surface area (Å²) in [5.74, 6) is 0.0921. The van der Waals surface area contributed by atoms with Crippen LogP contribution in [0.2, 0.25) is 5.02 Å². The number of halogens is 1. The average molecular weight is 348 g/mol. The maximum Gasteiger partial charge on any atom is 0.262 e. The van der Waals surface area contributed by atoms with Crippen LogP contribution in [0.1, 0.15) is 12.5 Å². The molecule has 126 valence electrons. The van der Waals surface area contributed by atoms with Crippen molar-refractivity contribution in [3.05, 3.63) is 53.1 Å². The van der Waals surface area contributed by atoms with Crippen LogP contribution in [0, 0.1) is 0 Å². The van der Waals surface area contributed by atoms with Crippen molar-refractivity contribution >= 4 is 29.4 Å². The van der Waals surface area contributed by atoms with Gasteiger partial charge in [0.2, 0.25) is 0 Å². The summed E-state index contributed by atoms with van der Waals surface area (Å²) in [6.07, 6.45) is 1.47. The highest BCUT2D eigenvalue weighted by molar-refractivity contribution is 6.30. The van der Waals surface area contributed by atoms with E-state index in [4.69, 9.17) is 16.3 Å². The van der Waals surface area contributed by atoms with E-state index >= 15 is 0 Å². The number of amides is 1. The first-order valence-electron chi connectivity index (χ1n) is 7.21. The molecular formula is C17H18ClN3O3. The van der Waals surface area contributed by atoms with Crippen molar-refractivity contribution in [3.8, 4) is 11.5 Å². The Morgan fingerprint density at radius 1 is 1.29 bits per heavy atom. The fourth-order valence-electron chi connectivity index (χ4n) is 1.90. The van der Waals surface area contributed by atoms with Crippen molar-refractivity contribution in [2.45, 2.75) is 13.0 Å². The molecule has 0 aliphatic heterocycles. The van der Waals surface area contributed by atoms with Gasteiger partial charge >= 0.3 is 0 Å². The maximum absolute atomic E-state index is 12.0. The predicted octanol–water partition coefficient (Wildman–Crippen LogP) is 3.00. The lowest BCUT2D eigenvalue weighted by Crippen LogP contribution is -2.34. The van der Waals surface area contributed by atoms with E-state index in [0.717, 1.165) is 5.69 Å². The highest BCUT2D eigenvalue weighted by atomic mass is 35.5. The molecule has 0 aliphatic carbocycles. The lowest BCUT2D eigenvalue weighted by Gasteiger charge is -2.13. The van der Waals surface area contributed by atoms with E-state index < -0.39 is 6.04 Å². The van der Waals surface area contributed by atoms with Crippen LogP contribution < -0.4 is 15.5 Å². The summed E-state index contributed by atoms with van der Waals surface area (Å²) in [5, 5.41) is 17.1. The van der Waals surface area contributed by atoms with Gasteiger partial charge in [-0.3, -0.25) is 4.79 Å². The first kappa shape index (κ1) is 17.6. The third-order valence-corrected chi connectivity index (χ3v) is 3.46. The van der Waals surface area contributed by atoms with Crippen molar-refractivity contribution in [2.24, 2.45) is 5.10 Å². The molecule has 3 N–H and O–H groups in total. The molecule has 0 heterocycles. The number of rotatable bonds is 6. The van der Waals surface area contributed by atoms with Gasteiger partial charge in [-0.25, -0.2) is 5.43 Å². The molecule has 1 amide bonds. The summed E-state index contributed by atoms with van der Waals surface area (Å²) in [4.78, 5) is 12.0. The van der Waals surface area contributed by atoms with Gasteiger partial charge in [0, 0.05) is 10.7 Å². The van der Waals surface area contributed by atoms with Gasteiger partial charge in [0.05, 0.1) is 13.3 Å². The van der Waals surface area contributed by atoms with E-state index in [1.807, 2.05) is 0 Å². The molecule has 1 unspecified atom stereocenters. The van der Waals surface area contributed by atoms with Gasteiger partial charge in [0.15, 0.2) is 11.5 Å². The second-order valence-corrected chi connectivity index (χ2v) is 5.47. The van der Waals surface area contributed by atoms with Crippen LogP contribution in [0.15, 0.2) is 47.6 Å². The fourth-order valence-corrected chi connectivity index (χ4v) is 2.03. The number of nitrogens with one attached hydrogen (secondary N) is 2. The van der Waals surface area contributed by atoms with Crippen LogP contribution in [0.5, 0.6) is 11.5 Å². The summed E-state index contributed by atoms with van der Waals surface area (Å²) in [6.45, 7) is 1.73. The van der Waals surface area contributed by atoms with Crippen LogP contribution in [0.25, 0.3) is 0 Å². The minimum absolute atomic E-state index is 0.0412. The molecule has 7 heteroatoms. The molecule has 0 saturated heterocycles. The molecule has 2 aromatic carbocycles. The quantitative estimate of drug-likeness (QED) is 0.554. The van der Waals surface area contributed by atoms with Crippen LogP contribution in [0.4, 0.5) is 5.69 Å². The normalized spacial score (nSPS) is 12.0. The van der Waals surface area contributed by atoms with Crippen molar-refractivity contribution in [2.75, 3.05) is 12.4 Å². The summed E-state index contributed by atoms with van der Waals surface area (Å²) in [6, 6.07) is 11.3. The van der Waals surface area contributed by atoms with E-state index in [1.54, 1.807) is 43.3 Å². The number of carbonyl (C=O) groups excluding carboxylic acids is 1. The molecule has 24 heavy (non-hydrogen) atoms. The smallest absolute Gasteiger partial charge is 0.262 e. The summed E-state index contributed by atoms with van der Waals surface area (Å²) in [7, 11) is 1.46. The number of carbonyl (C=O) groups is 1. The Bertz CT molecular complexity index is 732. The Labute approximate surface area is 145 Å². The third kappa shape index (κ3) is 4.89. The number of phenolic OH excluding ortho intramolecular Hbond substituents is 1. The zero-order valence-corrected chi connectivity index (χ0v) is 14.0. The minimum atomic E-state index is -0.474. The second-order valence-electron chi connectivity index (χ2n) is 5.04. The van der Waals surface area contributed by atoms with E-state index in [1.165, 1.54) is 19.4 Å². The van der Waals surface area contributed by atoms with Gasteiger partial charge in [0.25, 0.3) is 5.91 Å². The molecule has 0 aromatic heterocycles. The Morgan fingerprint density at radius 2 is 2.00 bits per heavy atom. The largest absolute Gasteiger partial charge is 0.504 e. The maximum atomic E-state index is 12.0. The minimum Gasteiger partial charge on any atom is -0.504 e. The summed E-state index contributed by atoms with van der Waals surface area (Å²) >= 11 is 5.82. The van der Waals surface area contributed by atoms with Gasteiger partial charge < -0.3 is 15.2 Å². The zero-order chi connectivity index (χ0) is 17.5. The Hall–Kier alpha value is -2.73. The molecule has 0 fully saturated rings. The van der Waals surface area contributed by atoms with Crippen LogP contribution in [0.3, 0.4) is 0 Å². The number of anilines is 1. The molecule has 0 spiro atoms. The highest BCUT2D eigenvalue weighted by Crippen LogP contribution is 2.25. The van der Waals surface area contributed by atoms with Gasteiger partial charge in [0.1, 0.15) is 6.04 Å². The predicted molar refractivity (Wildman–Crippen MR) is 94.9 cm³/mol. The first-order chi connectivity index (χ1) is 11.5. The molecule has 0 bridgehead atoms. The zero-order valence-electron chi connectivity index (χ0n) is 13.3. The van der Waals surface area contributed by atoms with Crippen molar-refractivity contribution in [1.29, 1.82) is 0 Å². The number of benzene rings is 2. The van der Waals surface area contributed by atoms with E-state index in [2.05, 4.69) is 15.8 Å². The number of hydrogen-bond acceptors (Lipinski definition) is 5. The number of hydrogen-bond donors (Lipinski definition) is 3. The monoisotopic (exact) mass is 347 g/mol. The summed E-state index contributed by atoms with van der Waals surface area (Å²) in [5.41, 5.74) is 3.92. The van der Waals surface area contributed by atoms with Gasteiger partial charge in [-0.15, -0.1) is 0 Å². The van der Waals surface area contributed by atoms with Crippen LogP contribution in [-0.4, -0.2) is 30.4 Å². The number of hydrazone groups is 1. The Balaban J connectivity index is 1.90. The van der Waals surface area contributed by atoms with Crippen molar-refractivity contribution < 1.29 is 14.6 Å². The lowest BCUT2D eigenvalue weighted by atomic mass is 10.2. The van der Waals surface area contributed by atoms with Crippen molar-refractivity contribution in [1.82, 2.24) is 5.43 Å². The first-order valence-corrected chi connectivity index (χ1v) is 7.59. The molecule has 0 aliphatic rings. The Morgan fingerprint density at radius 3 is 2.67 bits per heavy atom. The molecule has 6 nitrogen and oxygen atoms in total. The fraction of sp³-hybridized carbons (Fsp3) is 0.176. The average Bonchev–Trinajstić information content (AvgIpc) is 2.58. The van der Waals surface area contributed by atoms with Gasteiger partial charge in [-0.2, -0.15) is 5.10 Å². The molecular weight excluding hydrogens is 330 g/mol. The van der Waals surface area contributed by atoms with Crippen LogP contribution >= 0.6 is 11.6 Å². The second kappa shape index (κ2) is 8.21. The summed E-state index contributed by atoms with van der Waals surface area (Å²) < 4.78 is 5.01. The Kier molecular flexibility index (Phi) is 6.03. The SMILES string of the molecule is COc1cc(C=NNC(=O)C(C)Nc2ccc(Cl)cc2)ccc1O. The molecule has 1 atom stereocenters. The highest BCUT2D eigenvalue weighted by Gasteiger charge is 2.11. The molecule has 2 rings (SSSR count). The topological polar surface area (TPSA) is 83.0 Å². The number of aromatic hydroxyl groups is 1. The van der Waals surface area contributed by atoms with Crippen LogP contribution in [-0.2, 0) is 4.79 Å². The van der Waals surface area contributed by atoms with Gasteiger partial charge in [-0.05, 0) is 55.0 Å². The number of methoxy groups -OCH3 is 1. The van der Waals surface area contributed by atoms with E-state index in [9.17, 15) is 9.90 Å². The van der Waals surface area contributed by atoms with E-state index in [-0.39, 0.29) is 11.7 Å². The third-order valence-electron chi connectivity index (χ3n) is 3.21. The number of ether oxygens (including phenoxy) is 1. The number of nitrogens with zero attached hydrogens (tertiary/aromatic N) is 1. The lowest BCUT2D eigenvalue weighted by molar-refractivity contribution is -0.121. The number of phenols is 1. The van der Waals surface area contributed by atoms with Gasteiger partial charge in [-0.1, -0.05) is 11.6 Å². The van der Waals surface area contributed by atoms with Crippen molar-refractivity contribution in [3.63, 3.8) is 0 Å². The molecule has 2 aromatic rings. The molecule has 0 radical (unpaired) electrons. The molecule has 0 saturated carbocycles. The standard InChI is InChI=1S/C17H18ClN3O3/c1-11(20-14-6-4-13(18)5-7-14)17(23)21-19-10-12-3-8-15(22)16(9-12)24-2/h3-11,20,22H,1-2H3,(H,21,23). The van der Waals surface area contributed by atoms with E-state index in [0.29, 0.717) is 16.3 Å².